The molecule has 0 saturated carbocycles. The zero-order chi connectivity index (χ0) is 10.7. The van der Waals surface area contributed by atoms with Crippen molar-refractivity contribution in [2.45, 2.75) is 12.9 Å². The fraction of sp³-hybridized carbons (Fsp3) is 0.364. The molecule has 1 aliphatic heterocycles. The average Bonchev–Trinajstić information content (AvgIpc) is 2.66. The maximum atomic E-state index is 11.6. The Morgan fingerprint density at radius 1 is 1.27 bits per heavy atom. The first-order chi connectivity index (χ1) is 7.20. The molecular weight excluding hydrogens is 196 g/mol. The van der Waals surface area contributed by atoms with Crippen LogP contribution in [-0.4, -0.2) is 25.2 Å². The van der Waals surface area contributed by atoms with Gasteiger partial charge in [0, 0.05) is 6.92 Å². The van der Waals surface area contributed by atoms with Crippen LogP contribution in [0.2, 0.25) is 0 Å². The minimum absolute atomic E-state index is 0.443. The van der Waals surface area contributed by atoms with Gasteiger partial charge in [0.2, 0.25) is 0 Å². The molecule has 4 nitrogen and oxygen atoms in total. The molecule has 80 valence electrons. The van der Waals surface area contributed by atoms with Gasteiger partial charge < -0.3 is 14.2 Å². The third-order valence-electron chi connectivity index (χ3n) is 2.10. The van der Waals surface area contributed by atoms with E-state index in [4.69, 9.17) is 14.2 Å². The van der Waals surface area contributed by atoms with Crippen molar-refractivity contribution in [3.63, 3.8) is 0 Å². The molecule has 0 aliphatic carbocycles. The Bertz CT molecular complexity index is 341. The van der Waals surface area contributed by atoms with E-state index in [0.29, 0.717) is 18.8 Å². The summed E-state index contributed by atoms with van der Waals surface area (Å²) in [6.45, 7) is 2.47. The second kappa shape index (κ2) is 4.00. The third kappa shape index (κ3) is 2.34. The Kier molecular flexibility index (Phi) is 2.70. The summed E-state index contributed by atoms with van der Waals surface area (Å²) < 4.78 is 15.4. The fourth-order valence-electron chi connectivity index (χ4n) is 1.36. The standard InChI is InChI=1S/C11H12O4/c1-11(13-7-8-14-11)15-10(12)9-5-3-2-4-6-9/h2-6H,7-8H2,1H3. The van der Waals surface area contributed by atoms with E-state index in [2.05, 4.69) is 0 Å². The smallest absolute Gasteiger partial charge is 0.342 e. The van der Waals surface area contributed by atoms with Crippen molar-refractivity contribution in [1.82, 2.24) is 0 Å². The molecule has 1 saturated heterocycles. The molecule has 1 fully saturated rings. The molecular formula is C11H12O4. The van der Waals surface area contributed by atoms with Gasteiger partial charge in [-0.25, -0.2) is 4.79 Å². The molecule has 0 unspecified atom stereocenters. The Hall–Kier alpha value is -1.39. The number of carbonyl (C=O) groups is 1. The van der Waals surface area contributed by atoms with Crippen LogP contribution in [0.1, 0.15) is 17.3 Å². The van der Waals surface area contributed by atoms with E-state index in [1.165, 1.54) is 0 Å². The molecule has 0 spiro atoms. The molecule has 0 N–H and O–H groups in total. The van der Waals surface area contributed by atoms with Crippen LogP contribution in [-0.2, 0) is 14.2 Å². The number of hydrogen-bond acceptors (Lipinski definition) is 4. The van der Waals surface area contributed by atoms with Crippen molar-refractivity contribution in [2.75, 3.05) is 13.2 Å². The van der Waals surface area contributed by atoms with E-state index >= 15 is 0 Å². The predicted octanol–water partition coefficient (Wildman–Crippen LogP) is 1.56. The topological polar surface area (TPSA) is 44.8 Å². The van der Waals surface area contributed by atoms with Crippen LogP contribution in [0.5, 0.6) is 0 Å². The van der Waals surface area contributed by atoms with Gasteiger partial charge >= 0.3 is 11.9 Å². The molecule has 4 heteroatoms. The lowest BCUT2D eigenvalue weighted by Gasteiger charge is -2.21. The number of rotatable bonds is 2. The highest BCUT2D eigenvalue weighted by Gasteiger charge is 2.35. The first kappa shape index (κ1) is 10.1. The average molecular weight is 208 g/mol. The molecule has 1 aromatic carbocycles. The van der Waals surface area contributed by atoms with Gasteiger partial charge in [0.1, 0.15) is 0 Å². The Balaban J connectivity index is 2.04. The van der Waals surface area contributed by atoms with Crippen LogP contribution < -0.4 is 0 Å². The van der Waals surface area contributed by atoms with E-state index in [-0.39, 0.29) is 0 Å². The summed E-state index contributed by atoms with van der Waals surface area (Å²) in [5.41, 5.74) is 0.484. The second-order valence-corrected chi connectivity index (χ2v) is 3.31. The quantitative estimate of drug-likeness (QED) is 0.692. The number of hydrogen-bond donors (Lipinski definition) is 0. The van der Waals surface area contributed by atoms with Crippen molar-refractivity contribution in [1.29, 1.82) is 0 Å². The van der Waals surface area contributed by atoms with Gasteiger partial charge in [0.15, 0.2) is 0 Å². The first-order valence-electron chi connectivity index (χ1n) is 4.76. The van der Waals surface area contributed by atoms with Crippen LogP contribution in [0.3, 0.4) is 0 Å². The van der Waals surface area contributed by atoms with E-state index in [9.17, 15) is 4.79 Å². The van der Waals surface area contributed by atoms with Crippen molar-refractivity contribution < 1.29 is 19.0 Å². The van der Waals surface area contributed by atoms with Gasteiger partial charge in [0.25, 0.3) is 0 Å². The summed E-state index contributed by atoms with van der Waals surface area (Å²) in [5.74, 6) is -1.67. The van der Waals surface area contributed by atoms with Crippen LogP contribution in [0.4, 0.5) is 0 Å². The SMILES string of the molecule is CC1(OC(=O)c2ccccc2)OCCO1. The monoisotopic (exact) mass is 208 g/mol. The number of carbonyl (C=O) groups excluding carboxylic acids is 1. The first-order valence-corrected chi connectivity index (χ1v) is 4.76. The van der Waals surface area contributed by atoms with Gasteiger partial charge in [-0.05, 0) is 12.1 Å². The fourth-order valence-corrected chi connectivity index (χ4v) is 1.36. The lowest BCUT2D eigenvalue weighted by molar-refractivity contribution is -0.288. The van der Waals surface area contributed by atoms with Gasteiger partial charge in [-0.1, -0.05) is 18.2 Å². The van der Waals surface area contributed by atoms with Crippen LogP contribution >= 0.6 is 0 Å². The highest BCUT2D eigenvalue weighted by Crippen LogP contribution is 2.21. The van der Waals surface area contributed by atoms with E-state index in [1.54, 1.807) is 31.2 Å². The van der Waals surface area contributed by atoms with E-state index < -0.39 is 11.9 Å². The minimum Gasteiger partial charge on any atom is -0.404 e. The highest BCUT2D eigenvalue weighted by molar-refractivity contribution is 5.89. The predicted molar refractivity (Wildman–Crippen MR) is 52.2 cm³/mol. The van der Waals surface area contributed by atoms with Gasteiger partial charge in [-0.15, -0.1) is 0 Å². The van der Waals surface area contributed by atoms with E-state index in [1.807, 2.05) is 6.07 Å². The molecule has 1 heterocycles. The highest BCUT2D eigenvalue weighted by atomic mass is 16.9. The Morgan fingerprint density at radius 3 is 2.47 bits per heavy atom. The number of benzene rings is 1. The lowest BCUT2D eigenvalue weighted by atomic mass is 10.2. The van der Waals surface area contributed by atoms with E-state index in [0.717, 1.165) is 0 Å². The van der Waals surface area contributed by atoms with Crippen LogP contribution in [0.15, 0.2) is 30.3 Å². The largest absolute Gasteiger partial charge is 0.404 e. The van der Waals surface area contributed by atoms with Gasteiger partial charge in [-0.3, -0.25) is 0 Å². The molecule has 2 rings (SSSR count). The lowest BCUT2D eigenvalue weighted by Crippen LogP contribution is -2.32. The van der Waals surface area contributed by atoms with Crippen molar-refractivity contribution in [2.24, 2.45) is 0 Å². The van der Waals surface area contributed by atoms with Crippen molar-refractivity contribution >= 4 is 5.97 Å². The summed E-state index contributed by atoms with van der Waals surface area (Å²) in [5, 5.41) is 0. The summed E-state index contributed by atoms with van der Waals surface area (Å²) in [6, 6.07) is 8.74. The molecule has 0 atom stereocenters. The second-order valence-electron chi connectivity index (χ2n) is 3.31. The maximum Gasteiger partial charge on any atom is 0.342 e. The van der Waals surface area contributed by atoms with Crippen molar-refractivity contribution in [3.8, 4) is 0 Å². The number of ether oxygens (including phenoxy) is 3. The molecule has 0 amide bonds. The number of esters is 1. The molecule has 15 heavy (non-hydrogen) atoms. The summed E-state index contributed by atoms with van der Waals surface area (Å²) in [6.07, 6.45) is 0. The van der Waals surface area contributed by atoms with Crippen LogP contribution in [0.25, 0.3) is 0 Å². The van der Waals surface area contributed by atoms with Crippen LogP contribution in [0, 0.1) is 0 Å². The normalized spacial score (nSPS) is 18.7. The summed E-state index contributed by atoms with van der Waals surface area (Å²) >= 11 is 0. The third-order valence-corrected chi connectivity index (χ3v) is 2.10. The Morgan fingerprint density at radius 2 is 1.87 bits per heavy atom. The molecule has 0 bridgehead atoms. The Labute approximate surface area is 87.8 Å². The minimum atomic E-state index is -1.23. The van der Waals surface area contributed by atoms with Gasteiger partial charge in [0.05, 0.1) is 18.8 Å². The molecule has 1 aromatic rings. The maximum absolute atomic E-state index is 11.6. The zero-order valence-electron chi connectivity index (χ0n) is 8.43. The van der Waals surface area contributed by atoms with Gasteiger partial charge in [-0.2, -0.15) is 0 Å². The van der Waals surface area contributed by atoms with Crippen molar-refractivity contribution in [3.05, 3.63) is 35.9 Å². The molecule has 1 aliphatic rings. The molecule has 0 aromatic heterocycles. The summed E-state index contributed by atoms with van der Waals surface area (Å²) in [4.78, 5) is 11.6. The molecule has 0 radical (unpaired) electrons. The summed E-state index contributed by atoms with van der Waals surface area (Å²) in [7, 11) is 0. The zero-order valence-corrected chi connectivity index (χ0v) is 8.43.